The van der Waals surface area contributed by atoms with E-state index in [0.29, 0.717) is 22.2 Å². The van der Waals surface area contributed by atoms with Gasteiger partial charge in [0.2, 0.25) is 5.91 Å². The molecule has 2 aromatic rings. The summed E-state index contributed by atoms with van der Waals surface area (Å²) in [7, 11) is 3.11. The fourth-order valence-corrected chi connectivity index (χ4v) is 2.32. The minimum absolute atomic E-state index is 0.179. The maximum atomic E-state index is 12.3. The number of hydrogen-bond donors (Lipinski definition) is 2. The second-order valence-corrected chi connectivity index (χ2v) is 5.31. The smallest absolute Gasteiger partial charge is 0.246 e. The van der Waals surface area contributed by atoms with E-state index in [1.807, 2.05) is 12.1 Å². The zero-order chi connectivity index (χ0) is 16.8. The molecule has 0 saturated heterocycles. The van der Waals surface area contributed by atoms with E-state index in [0.717, 1.165) is 5.69 Å². The summed E-state index contributed by atoms with van der Waals surface area (Å²) in [5.74, 6) is 1.02. The normalized spacial score (nSPS) is 11.5. The molecule has 2 N–H and O–H groups in total. The Balaban J connectivity index is 2.04. The van der Waals surface area contributed by atoms with Gasteiger partial charge < -0.3 is 20.1 Å². The third-order valence-electron chi connectivity index (χ3n) is 3.29. The van der Waals surface area contributed by atoms with Crippen molar-refractivity contribution in [1.82, 2.24) is 0 Å². The SMILES string of the molecule is COc1ccc(N[C@H](C)C(=O)Nc2ccccc2OC)cc1Cl. The van der Waals surface area contributed by atoms with Crippen molar-refractivity contribution >= 4 is 28.9 Å². The lowest BCUT2D eigenvalue weighted by molar-refractivity contribution is -0.116. The molecule has 0 aliphatic carbocycles. The van der Waals surface area contributed by atoms with Crippen LogP contribution in [0.3, 0.4) is 0 Å². The average molecular weight is 335 g/mol. The third kappa shape index (κ3) is 4.29. The van der Waals surface area contributed by atoms with Crippen LogP contribution in [0.1, 0.15) is 6.92 Å². The Morgan fingerprint density at radius 1 is 1.09 bits per heavy atom. The second-order valence-electron chi connectivity index (χ2n) is 4.90. The Kier molecular flexibility index (Phi) is 5.71. The molecule has 0 unspecified atom stereocenters. The Morgan fingerprint density at radius 2 is 1.78 bits per heavy atom. The van der Waals surface area contributed by atoms with Gasteiger partial charge in [-0.05, 0) is 37.3 Å². The fourth-order valence-electron chi connectivity index (χ4n) is 2.06. The molecule has 0 fully saturated rings. The van der Waals surface area contributed by atoms with Gasteiger partial charge in [0.1, 0.15) is 17.5 Å². The van der Waals surface area contributed by atoms with Gasteiger partial charge in [-0.15, -0.1) is 0 Å². The molecule has 5 nitrogen and oxygen atoms in total. The highest BCUT2D eigenvalue weighted by Crippen LogP contribution is 2.28. The van der Waals surface area contributed by atoms with Gasteiger partial charge in [0.25, 0.3) is 0 Å². The number of methoxy groups -OCH3 is 2. The van der Waals surface area contributed by atoms with Crippen molar-refractivity contribution < 1.29 is 14.3 Å². The van der Waals surface area contributed by atoms with Crippen LogP contribution in [-0.4, -0.2) is 26.2 Å². The second kappa shape index (κ2) is 7.74. The fraction of sp³-hybridized carbons (Fsp3) is 0.235. The Morgan fingerprint density at radius 3 is 2.43 bits per heavy atom. The maximum absolute atomic E-state index is 12.3. The summed E-state index contributed by atoms with van der Waals surface area (Å²) in [6, 6.07) is 12.1. The predicted molar refractivity (Wildman–Crippen MR) is 92.7 cm³/mol. The van der Waals surface area contributed by atoms with E-state index in [1.165, 1.54) is 0 Å². The van der Waals surface area contributed by atoms with Gasteiger partial charge in [0.05, 0.1) is 24.9 Å². The van der Waals surface area contributed by atoms with Gasteiger partial charge in [-0.25, -0.2) is 0 Å². The van der Waals surface area contributed by atoms with E-state index in [9.17, 15) is 4.79 Å². The Hall–Kier alpha value is -2.40. The number of hydrogen-bond acceptors (Lipinski definition) is 4. The summed E-state index contributed by atoms with van der Waals surface area (Å²) in [5.41, 5.74) is 1.36. The van der Waals surface area contributed by atoms with Crippen LogP contribution in [0.5, 0.6) is 11.5 Å². The van der Waals surface area contributed by atoms with Gasteiger partial charge >= 0.3 is 0 Å². The van der Waals surface area contributed by atoms with Crippen LogP contribution < -0.4 is 20.1 Å². The van der Waals surface area contributed by atoms with Crippen molar-refractivity contribution in [2.24, 2.45) is 0 Å². The molecule has 0 aliphatic heterocycles. The number of rotatable bonds is 6. The van der Waals surface area contributed by atoms with Crippen molar-refractivity contribution in [2.45, 2.75) is 13.0 Å². The van der Waals surface area contributed by atoms with Crippen molar-refractivity contribution in [3.05, 3.63) is 47.5 Å². The molecule has 0 aliphatic rings. The van der Waals surface area contributed by atoms with Crippen LogP contribution in [0.4, 0.5) is 11.4 Å². The number of anilines is 2. The number of halogens is 1. The van der Waals surface area contributed by atoms with E-state index in [4.69, 9.17) is 21.1 Å². The summed E-state index contributed by atoms with van der Waals surface area (Å²) in [6.45, 7) is 1.77. The van der Waals surface area contributed by atoms with Crippen molar-refractivity contribution in [2.75, 3.05) is 24.9 Å². The minimum Gasteiger partial charge on any atom is -0.495 e. The van der Waals surface area contributed by atoms with E-state index in [2.05, 4.69) is 10.6 Å². The van der Waals surface area contributed by atoms with Crippen molar-refractivity contribution in [3.8, 4) is 11.5 Å². The number of carbonyl (C=O) groups excluding carboxylic acids is 1. The molecule has 0 heterocycles. The molecule has 122 valence electrons. The van der Waals surface area contributed by atoms with Gasteiger partial charge in [-0.2, -0.15) is 0 Å². The van der Waals surface area contributed by atoms with E-state index in [-0.39, 0.29) is 5.91 Å². The number of amides is 1. The van der Waals surface area contributed by atoms with Crippen LogP contribution in [0.15, 0.2) is 42.5 Å². The van der Waals surface area contributed by atoms with Crippen LogP contribution in [-0.2, 0) is 4.79 Å². The number of benzene rings is 2. The highest BCUT2D eigenvalue weighted by Gasteiger charge is 2.15. The first kappa shape index (κ1) is 17.0. The third-order valence-corrected chi connectivity index (χ3v) is 3.59. The molecule has 6 heteroatoms. The topological polar surface area (TPSA) is 59.6 Å². The Labute approximate surface area is 140 Å². The first-order chi connectivity index (χ1) is 11.0. The minimum atomic E-state index is -0.454. The average Bonchev–Trinajstić information content (AvgIpc) is 2.55. The molecule has 2 rings (SSSR count). The molecule has 1 atom stereocenters. The molecule has 0 radical (unpaired) electrons. The zero-order valence-electron chi connectivity index (χ0n) is 13.2. The van der Waals surface area contributed by atoms with Gasteiger partial charge in [-0.3, -0.25) is 4.79 Å². The van der Waals surface area contributed by atoms with E-state index in [1.54, 1.807) is 51.5 Å². The highest BCUT2D eigenvalue weighted by atomic mass is 35.5. The number of nitrogens with one attached hydrogen (secondary N) is 2. The summed E-state index contributed by atoms with van der Waals surface area (Å²) < 4.78 is 10.3. The lowest BCUT2D eigenvalue weighted by Crippen LogP contribution is -2.32. The van der Waals surface area contributed by atoms with Crippen LogP contribution in [0, 0.1) is 0 Å². The van der Waals surface area contributed by atoms with Crippen LogP contribution >= 0.6 is 11.6 Å². The molecule has 2 aromatic carbocycles. The number of para-hydroxylation sites is 2. The molecule has 23 heavy (non-hydrogen) atoms. The number of carbonyl (C=O) groups is 1. The quantitative estimate of drug-likeness (QED) is 0.843. The molecule has 0 saturated carbocycles. The van der Waals surface area contributed by atoms with Crippen molar-refractivity contribution in [1.29, 1.82) is 0 Å². The summed E-state index contributed by atoms with van der Waals surface area (Å²) >= 11 is 6.08. The van der Waals surface area contributed by atoms with Gasteiger partial charge in [-0.1, -0.05) is 23.7 Å². The molecule has 0 aromatic heterocycles. The molecule has 0 bridgehead atoms. The monoisotopic (exact) mass is 334 g/mol. The van der Waals surface area contributed by atoms with E-state index >= 15 is 0 Å². The lowest BCUT2D eigenvalue weighted by atomic mass is 10.2. The largest absolute Gasteiger partial charge is 0.495 e. The lowest BCUT2D eigenvalue weighted by Gasteiger charge is -2.17. The van der Waals surface area contributed by atoms with Crippen LogP contribution in [0.25, 0.3) is 0 Å². The number of ether oxygens (including phenoxy) is 2. The summed E-state index contributed by atoms with van der Waals surface area (Å²) in [6.07, 6.45) is 0. The maximum Gasteiger partial charge on any atom is 0.246 e. The molecule has 1 amide bonds. The zero-order valence-corrected chi connectivity index (χ0v) is 14.0. The summed E-state index contributed by atoms with van der Waals surface area (Å²) in [4.78, 5) is 12.3. The van der Waals surface area contributed by atoms with Gasteiger partial charge in [0, 0.05) is 5.69 Å². The molecular weight excluding hydrogens is 316 g/mol. The molecule has 0 spiro atoms. The predicted octanol–water partition coefficient (Wildman–Crippen LogP) is 3.80. The standard InChI is InChI=1S/C17H19ClN2O3/c1-11(19-12-8-9-15(22-2)13(18)10-12)17(21)20-14-6-4-5-7-16(14)23-3/h4-11,19H,1-3H3,(H,20,21)/t11-/m1/s1. The molecular formula is C17H19ClN2O3. The highest BCUT2D eigenvalue weighted by molar-refractivity contribution is 6.32. The Bertz CT molecular complexity index is 691. The van der Waals surface area contributed by atoms with Crippen molar-refractivity contribution in [3.63, 3.8) is 0 Å². The first-order valence-corrected chi connectivity index (χ1v) is 7.47. The summed E-state index contributed by atoms with van der Waals surface area (Å²) in [5, 5.41) is 6.41. The van der Waals surface area contributed by atoms with Crippen LogP contribution in [0.2, 0.25) is 5.02 Å². The van der Waals surface area contributed by atoms with E-state index < -0.39 is 6.04 Å². The van der Waals surface area contributed by atoms with Gasteiger partial charge in [0.15, 0.2) is 0 Å². The first-order valence-electron chi connectivity index (χ1n) is 7.09.